The van der Waals surface area contributed by atoms with Gasteiger partial charge in [0.2, 0.25) is 5.91 Å². The standard InChI is InChI=1S/C28H33N5O2/c1-19(2)27-29-20(3)17-25(31-27)32-13-15-33(16-14-32)26(22-9-6-5-7-10-22)28(35)30-24-12-8-11-23(18-24)21(4)34/h5-12,17-19,26H,13-16H2,1-4H3,(H,30,35)/t26-/m1/s1. The summed E-state index contributed by atoms with van der Waals surface area (Å²) >= 11 is 0. The summed E-state index contributed by atoms with van der Waals surface area (Å²) < 4.78 is 0. The zero-order valence-corrected chi connectivity index (χ0v) is 20.9. The van der Waals surface area contributed by atoms with Crippen molar-refractivity contribution in [1.29, 1.82) is 0 Å². The minimum atomic E-state index is -0.433. The minimum Gasteiger partial charge on any atom is -0.354 e. The fourth-order valence-corrected chi connectivity index (χ4v) is 4.39. The Morgan fingerprint density at radius 3 is 2.29 bits per heavy atom. The third-order valence-electron chi connectivity index (χ3n) is 6.28. The van der Waals surface area contributed by atoms with Gasteiger partial charge in [-0.1, -0.05) is 56.3 Å². The van der Waals surface area contributed by atoms with E-state index in [0.717, 1.165) is 49.1 Å². The van der Waals surface area contributed by atoms with Crippen molar-refractivity contribution in [2.75, 3.05) is 36.4 Å². The highest BCUT2D eigenvalue weighted by Crippen LogP contribution is 2.26. The Kier molecular flexibility index (Phi) is 7.56. The van der Waals surface area contributed by atoms with Crippen LogP contribution in [0.3, 0.4) is 0 Å². The number of hydrogen-bond donors (Lipinski definition) is 1. The van der Waals surface area contributed by atoms with Crippen LogP contribution in [0, 0.1) is 6.92 Å². The Bertz CT molecular complexity index is 1190. The summed E-state index contributed by atoms with van der Waals surface area (Å²) in [6, 6.07) is 18.5. The predicted molar refractivity (Wildman–Crippen MR) is 139 cm³/mol. The molecule has 1 aromatic heterocycles. The first kappa shape index (κ1) is 24.5. The van der Waals surface area contributed by atoms with Crippen molar-refractivity contribution in [3.8, 4) is 0 Å². The smallest absolute Gasteiger partial charge is 0.246 e. The van der Waals surface area contributed by atoms with Crippen LogP contribution >= 0.6 is 0 Å². The SMILES string of the molecule is CC(=O)c1cccc(NC(=O)[C@@H](c2ccccc2)N2CCN(c3cc(C)nc(C(C)C)n3)CC2)c1. The van der Waals surface area contributed by atoms with E-state index in [9.17, 15) is 9.59 Å². The van der Waals surface area contributed by atoms with E-state index in [4.69, 9.17) is 4.98 Å². The van der Waals surface area contributed by atoms with Gasteiger partial charge in [-0.15, -0.1) is 0 Å². The molecular formula is C28H33N5O2. The Balaban J connectivity index is 1.52. The van der Waals surface area contributed by atoms with Gasteiger partial charge in [0.25, 0.3) is 0 Å². The van der Waals surface area contributed by atoms with E-state index < -0.39 is 6.04 Å². The molecule has 35 heavy (non-hydrogen) atoms. The van der Waals surface area contributed by atoms with Gasteiger partial charge in [0.15, 0.2) is 5.78 Å². The molecule has 0 spiro atoms. The van der Waals surface area contributed by atoms with Crippen molar-refractivity contribution < 1.29 is 9.59 Å². The number of anilines is 2. The van der Waals surface area contributed by atoms with Crippen molar-refractivity contribution in [2.45, 2.75) is 39.7 Å². The highest BCUT2D eigenvalue weighted by molar-refractivity contribution is 5.98. The first-order valence-electron chi connectivity index (χ1n) is 12.1. The summed E-state index contributed by atoms with van der Waals surface area (Å²) in [6.07, 6.45) is 0. The molecule has 1 aliphatic rings. The number of piperazine rings is 1. The number of aromatic nitrogens is 2. The second-order valence-corrected chi connectivity index (χ2v) is 9.34. The Morgan fingerprint density at radius 2 is 1.63 bits per heavy atom. The van der Waals surface area contributed by atoms with Crippen LogP contribution in [-0.4, -0.2) is 52.7 Å². The number of nitrogens with zero attached hydrogens (tertiary/aromatic N) is 4. The topological polar surface area (TPSA) is 78.4 Å². The Labute approximate surface area is 207 Å². The number of rotatable bonds is 7. The van der Waals surface area contributed by atoms with Gasteiger partial charge in [-0.05, 0) is 31.5 Å². The number of hydrogen-bond acceptors (Lipinski definition) is 6. The van der Waals surface area contributed by atoms with E-state index in [1.807, 2.05) is 49.4 Å². The molecule has 1 amide bonds. The molecule has 2 heterocycles. The van der Waals surface area contributed by atoms with Gasteiger partial charge in [-0.25, -0.2) is 9.97 Å². The molecule has 0 radical (unpaired) electrons. The van der Waals surface area contributed by atoms with Gasteiger partial charge in [0.1, 0.15) is 17.7 Å². The summed E-state index contributed by atoms with van der Waals surface area (Å²) in [7, 11) is 0. The average Bonchev–Trinajstić information content (AvgIpc) is 2.85. The van der Waals surface area contributed by atoms with E-state index in [2.05, 4.69) is 33.9 Å². The maximum Gasteiger partial charge on any atom is 0.246 e. The van der Waals surface area contributed by atoms with Crippen molar-refractivity contribution in [3.63, 3.8) is 0 Å². The molecule has 0 aliphatic carbocycles. The molecule has 7 heteroatoms. The van der Waals surface area contributed by atoms with Crippen molar-refractivity contribution in [1.82, 2.24) is 14.9 Å². The number of benzene rings is 2. The van der Waals surface area contributed by atoms with Crippen LogP contribution in [0.2, 0.25) is 0 Å². The van der Waals surface area contributed by atoms with Crippen LogP contribution in [0.4, 0.5) is 11.5 Å². The monoisotopic (exact) mass is 471 g/mol. The van der Waals surface area contributed by atoms with Crippen molar-refractivity contribution in [3.05, 3.63) is 83.3 Å². The lowest BCUT2D eigenvalue weighted by Gasteiger charge is -2.39. The molecule has 4 rings (SSSR count). The molecule has 0 bridgehead atoms. The van der Waals surface area contributed by atoms with Gasteiger partial charge < -0.3 is 10.2 Å². The van der Waals surface area contributed by atoms with E-state index in [0.29, 0.717) is 11.3 Å². The molecule has 1 aliphatic heterocycles. The number of nitrogens with one attached hydrogen (secondary N) is 1. The van der Waals surface area contributed by atoms with E-state index in [-0.39, 0.29) is 17.6 Å². The number of Topliss-reactive ketones (excluding diaryl/α,β-unsaturated/α-hetero) is 1. The summed E-state index contributed by atoms with van der Waals surface area (Å²) in [5, 5.41) is 3.04. The number of ketones is 1. The van der Waals surface area contributed by atoms with Crippen LogP contribution in [0.15, 0.2) is 60.7 Å². The Morgan fingerprint density at radius 1 is 0.914 bits per heavy atom. The fraction of sp³-hybridized carbons (Fsp3) is 0.357. The molecule has 0 saturated carbocycles. The Hall–Kier alpha value is -3.58. The van der Waals surface area contributed by atoms with Crippen LogP contribution in [0.1, 0.15) is 60.2 Å². The largest absolute Gasteiger partial charge is 0.354 e. The van der Waals surface area contributed by atoms with Crippen LogP contribution in [0.5, 0.6) is 0 Å². The second kappa shape index (κ2) is 10.8. The van der Waals surface area contributed by atoms with Crippen LogP contribution in [-0.2, 0) is 4.79 Å². The van der Waals surface area contributed by atoms with Crippen LogP contribution < -0.4 is 10.2 Å². The number of carbonyl (C=O) groups is 2. The number of aryl methyl sites for hydroxylation is 1. The van der Waals surface area contributed by atoms with Crippen molar-refractivity contribution >= 4 is 23.2 Å². The van der Waals surface area contributed by atoms with E-state index in [1.165, 1.54) is 6.92 Å². The molecular weight excluding hydrogens is 438 g/mol. The maximum atomic E-state index is 13.5. The van der Waals surface area contributed by atoms with Crippen molar-refractivity contribution in [2.24, 2.45) is 0 Å². The predicted octanol–water partition coefficient (Wildman–Crippen LogP) is 4.61. The van der Waals surface area contributed by atoms with Gasteiger partial charge >= 0.3 is 0 Å². The molecule has 3 aromatic rings. The number of carbonyl (C=O) groups excluding carboxylic acids is 2. The minimum absolute atomic E-state index is 0.0302. The summed E-state index contributed by atoms with van der Waals surface area (Å²) in [5.41, 5.74) is 3.12. The molecule has 1 fully saturated rings. The molecule has 1 saturated heterocycles. The van der Waals surface area contributed by atoms with E-state index >= 15 is 0 Å². The summed E-state index contributed by atoms with van der Waals surface area (Å²) in [5.74, 6) is 1.93. The normalized spacial score (nSPS) is 15.2. The van der Waals surface area contributed by atoms with E-state index in [1.54, 1.807) is 18.2 Å². The zero-order chi connectivity index (χ0) is 24.9. The van der Waals surface area contributed by atoms with Gasteiger partial charge in [-0.3, -0.25) is 14.5 Å². The summed E-state index contributed by atoms with van der Waals surface area (Å²) in [4.78, 5) is 39.2. The quantitative estimate of drug-likeness (QED) is 0.507. The fourth-order valence-electron chi connectivity index (χ4n) is 4.39. The van der Waals surface area contributed by atoms with Crippen LogP contribution in [0.25, 0.3) is 0 Å². The second-order valence-electron chi connectivity index (χ2n) is 9.34. The molecule has 1 atom stereocenters. The first-order valence-corrected chi connectivity index (χ1v) is 12.1. The van der Waals surface area contributed by atoms with Gasteiger partial charge in [-0.2, -0.15) is 0 Å². The first-order chi connectivity index (χ1) is 16.8. The van der Waals surface area contributed by atoms with Gasteiger partial charge in [0.05, 0.1) is 0 Å². The molecule has 0 unspecified atom stereocenters. The third-order valence-corrected chi connectivity index (χ3v) is 6.28. The molecule has 182 valence electrons. The number of amides is 1. The highest BCUT2D eigenvalue weighted by Gasteiger charge is 2.31. The lowest BCUT2D eigenvalue weighted by Crippen LogP contribution is -2.50. The molecule has 1 N–H and O–H groups in total. The van der Waals surface area contributed by atoms with Gasteiger partial charge in [0, 0.05) is 55.1 Å². The lowest BCUT2D eigenvalue weighted by atomic mass is 10.0. The molecule has 7 nitrogen and oxygen atoms in total. The highest BCUT2D eigenvalue weighted by atomic mass is 16.2. The third kappa shape index (κ3) is 5.92. The maximum absolute atomic E-state index is 13.5. The lowest BCUT2D eigenvalue weighted by molar-refractivity contribution is -0.121. The average molecular weight is 472 g/mol. The summed E-state index contributed by atoms with van der Waals surface area (Å²) in [6.45, 7) is 10.7. The molecule has 2 aromatic carbocycles. The zero-order valence-electron chi connectivity index (χ0n) is 20.9.